The number of urea groups is 1. The van der Waals surface area contributed by atoms with E-state index in [0.717, 1.165) is 24.2 Å². The molecule has 2 aromatic rings. The Morgan fingerprint density at radius 3 is 2.49 bits per heavy atom. The molecule has 3 rings (SSSR count). The molecule has 0 aliphatic carbocycles. The first-order chi connectivity index (χ1) is 16.7. The van der Waals surface area contributed by atoms with Crippen molar-refractivity contribution < 1.29 is 14.3 Å². The van der Waals surface area contributed by atoms with Gasteiger partial charge in [0.15, 0.2) is 0 Å². The number of amides is 3. The number of ether oxygens (including phenoxy) is 1. The lowest BCUT2D eigenvalue weighted by molar-refractivity contribution is -0.135. The van der Waals surface area contributed by atoms with Crippen LogP contribution in [0.15, 0.2) is 35.7 Å². The highest BCUT2D eigenvalue weighted by Crippen LogP contribution is 2.34. The molecule has 35 heavy (non-hydrogen) atoms. The van der Waals surface area contributed by atoms with Gasteiger partial charge in [-0.25, -0.2) is 4.79 Å². The number of hydrogen-bond acceptors (Lipinski definition) is 4. The van der Waals surface area contributed by atoms with Gasteiger partial charge in [-0.2, -0.15) is 0 Å². The molecular weight excluding hydrogens is 458 g/mol. The summed E-state index contributed by atoms with van der Waals surface area (Å²) in [5, 5.41) is 5.05. The van der Waals surface area contributed by atoms with Gasteiger partial charge in [-0.15, -0.1) is 11.3 Å². The van der Waals surface area contributed by atoms with Crippen molar-refractivity contribution in [3.05, 3.63) is 51.7 Å². The minimum Gasteiger partial charge on any atom is -0.491 e. The van der Waals surface area contributed by atoms with Gasteiger partial charge < -0.3 is 19.9 Å². The fourth-order valence-corrected chi connectivity index (χ4v) is 5.24. The Bertz CT molecular complexity index is 970. The molecule has 2 heterocycles. The number of benzene rings is 1. The van der Waals surface area contributed by atoms with E-state index in [2.05, 4.69) is 56.6 Å². The fourth-order valence-electron chi connectivity index (χ4n) is 4.32. The molecule has 1 N–H and O–H groups in total. The molecule has 0 saturated heterocycles. The molecule has 192 valence electrons. The molecular formula is C28H41N3O3S. The average Bonchev–Trinajstić information content (AvgIpc) is 3.30. The van der Waals surface area contributed by atoms with Crippen molar-refractivity contribution in [3.63, 3.8) is 0 Å². The van der Waals surface area contributed by atoms with E-state index in [1.54, 1.807) is 16.2 Å². The van der Waals surface area contributed by atoms with Gasteiger partial charge in [-0.1, -0.05) is 46.2 Å². The van der Waals surface area contributed by atoms with E-state index in [-0.39, 0.29) is 30.6 Å². The number of hydrogen-bond donors (Lipinski definition) is 1. The van der Waals surface area contributed by atoms with Crippen LogP contribution in [0.5, 0.6) is 5.75 Å². The fraction of sp³-hybridized carbons (Fsp3) is 0.571. The second-order valence-corrected chi connectivity index (χ2v) is 11.2. The number of carbonyl (C=O) groups is 2. The Balaban J connectivity index is 1.75. The Hall–Kier alpha value is -2.54. The molecule has 3 amide bonds. The van der Waals surface area contributed by atoms with Gasteiger partial charge >= 0.3 is 6.03 Å². The van der Waals surface area contributed by atoms with Gasteiger partial charge in [-0.3, -0.25) is 4.79 Å². The van der Waals surface area contributed by atoms with Gasteiger partial charge in [-0.05, 0) is 66.8 Å². The normalized spacial score (nSPS) is 16.2. The van der Waals surface area contributed by atoms with Crippen LogP contribution >= 0.6 is 11.3 Å². The van der Waals surface area contributed by atoms with Crippen molar-refractivity contribution in [1.82, 2.24) is 15.1 Å². The molecule has 1 aromatic heterocycles. The van der Waals surface area contributed by atoms with Crippen LogP contribution < -0.4 is 10.1 Å². The first kappa shape index (κ1) is 27.1. The topological polar surface area (TPSA) is 61.9 Å². The molecule has 1 aromatic carbocycles. The lowest BCUT2D eigenvalue weighted by Crippen LogP contribution is -2.51. The van der Waals surface area contributed by atoms with Crippen LogP contribution in [0.25, 0.3) is 0 Å². The SMILES string of the molecule is CC[C@H](C)CN(CC(=O)N1CCc2sccc2[C@H]1COc1ccc(C(C)C)cc1)C(=O)NC(C)C. The first-order valence-electron chi connectivity index (χ1n) is 12.8. The minimum atomic E-state index is -0.181. The highest BCUT2D eigenvalue weighted by Gasteiger charge is 2.33. The summed E-state index contributed by atoms with van der Waals surface area (Å²) in [7, 11) is 0. The van der Waals surface area contributed by atoms with Crippen LogP contribution in [0, 0.1) is 5.92 Å². The van der Waals surface area contributed by atoms with Gasteiger partial charge in [0, 0.05) is 24.0 Å². The maximum Gasteiger partial charge on any atom is 0.318 e. The van der Waals surface area contributed by atoms with Gasteiger partial charge in [0.25, 0.3) is 0 Å². The van der Waals surface area contributed by atoms with Crippen LogP contribution in [0.2, 0.25) is 0 Å². The molecule has 0 saturated carbocycles. The highest BCUT2D eigenvalue weighted by atomic mass is 32.1. The number of nitrogens with zero attached hydrogens (tertiary/aromatic N) is 2. The summed E-state index contributed by atoms with van der Waals surface area (Å²) in [4.78, 5) is 31.4. The summed E-state index contributed by atoms with van der Waals surface area (Å²) < 4.78 is 6.19. The molecule has 7 heteroatoms. The molecule has 6 nitrogen and oxygen atoms in total. The smallest absolute Gasteiger partial charge is 0.318 e. The zero-order valence-electron chi connectivity index (χ0n) is 22.0. The number of rotatable bonds is 10. The van der Waals surface area contributed by atoms with E-state index in [1.165, 1.54) is 10.4 Å². The Morgan fingerprint density at radius 1 is 1.14 bits per heavy atom. The van der Waals surface area contributed by atoms with E-state index < -0.39 is 0 Å². The van der Waals surface area contributed by atoms with Crippen molar-refractivity contribution in [2.24, 2.45) is 5.92 Å². The molecule has 2 atom stereocenters. The molecule has 0 fully saturated rings. The van der Waals surface area contributed by atoms with Gasteiger partial charge in [0.05, 0.1) is 6.04 Å². The monoisotopic (exact) mass is 499 g/mol. The maximum atomic E-state index is 13.6. The van der Waals surface area contributed by atoms with E-state index in [0.29, 0.717) is 31.5 Å². The van der Waals surface area contributed by atoms with Crippen molar-refractivity contribution in [3.8, 4) is 5.75 Å². The predicted octanol–water partition coefficient (Wildman–Crippen LogP) is 5.84. The molecule has 0 bridgehead atoms. The van der Waals surface area contributed by atoms with E-state index in [4.69, 9.17) is 4.74 Å². The zero-order chi connectivity index (χ0) is 25.5. The van der Waals surface area contributed by atoms with Crippen LogP contribution in [0.4, 0.5) is 4.79 Å². The quantitative estimate of drug-likeness (QED) is 0.447. The third kappa shape index (κ3) is 7.23. The van der Waals surface area contributed by atoms with Crippen molar-refractivity contribution in [2.45, 2.75) is 72.4 Å². The summed E-state index contributed by atoms with van der Waals surface area (Å²) in [5.74, 6) is 1.56. The number of nitrogens with one attached hydrogen (secondary N) is 1. The minimum absolute atomic E-state index is 0.0172. The largest absolute Gasteiger partial charge is 0.491 e. The molecule has 0 spiro atoms. The standard InChI is InChI=1S/C28H41N3O3S/c1-7-21(6)16-30(28(33)29-20(4)5)17-27(32)31-14-12-26-24(13-15-35-26)25(31)18-34-23-10-8-22(9-11-23)19(2)3/h8-11,13,15,19-21,25H,7,12,14,16-18H2,1-6H3,(H,29,33)/t21-,25+/m0/s1. The lowest BCUT2D eigenvalue weighted by Gasteiger charge is -2.37. The highest BCUT2D eigenvalue weighted by molar-refractivity contribution is 7.10. The third-order valence-electron chi connectivity index (χ3n) is 6.62. The first-order valence-corrected chi connectivity index (χ1v) is 13.7. The Kier molecular flexibility index (Phi) is 9.61. The summed E-state index contributed by atoms with van der Waals surface area (Å²) in [5.41, 5.74) is 2.43. The maximum absolute atomic E-state index is 13.6. The summed E-state index contributed by atoms with van der Waals surface area (Å²) in [6.07, 6.45) is 1.79. The van der Waals surface area contributed by atoms with E-state index in [9.17, 15) is 9.59 Å². The number of fused-ring (bicyclic) bond motifs is 1. The second kappa shape index (κ2) is 12.4. The van der Waals surface area contributed by atoms with Gasteiger partial charge in [0.1, 0.15) is 18.9 Å². The van der Waals surface area contributed by atoms with Gasteiger partial charge in [0.2, 0.25) is 5.91 Å². The average molecular weight is 500 g/mol. The molecule has 0 radical (unpaired) electrons. The Morgan fingerprint density at radius 2 is 1.86 bits per heavy atom. The van der Waals surface area contributed by atoms with Crippen molar-refractivity contribution >= 4 is 23.3 Å². The second-order valence-electron chi connectivity index (χ2n) is 10.2. The van der Waals surface area contributed by atoms with E-state index in [1.807, 2.05) is 30.9 Å². The molecule has 0 unspecified atom stereocenters. The summed E-state index contributed by atoms with van der Waals surface area (Å²) >= 11 is 1.74. The number of thiophene rings is 1. The zero-order valence-corrected chi connectivity index (χ0v) is 22.9. The third-order valence-corrected chi connectivity index (χ3v) is 7.62. The van der Waals surface area contributed by atoms with Crippen molar-refractivity contribution in [1.29, 1.82) is 0 Å². The number of carbonyl (C=O) groups excluding carboxylic acids is 2. The predicted molar refractivity (Wildman–Crippen MR) is 143 cm³/mol. The Labute approximate surface area is 214 Å². The van der Waals surface area contributed by atoms with Crippen LogP contribution in [-0.2, 0) is 11.2 Å². The van der Waals surface area contributed by atoms with E-state index >= 15 is 0 Å². The summed E-state index contributed by atoms with van der Waals surface area (Å²) in [6, 6.07) is 9.98. The van der Waals surface area contributed by atoms with Crippen molar-refractivity contribution in [2.75, 3.05) is 26.2 Å². The van der Waals surface area contributed by atoms with Crippen LogP contribution in [0.3, 0.4) is 0 Å². The van der Waals surface area contributed by atoms with Crippen LogP contribution in [0.1, 0.15) is 75.9 Å². The molecule has 1 aliphatic rings. The lowest BCUT2D eigenvalue weighted by atomic mass is 10.00. The summed E-state index contributed by atoms with van der Waals surface area (Å²) in [6.45, 7) is 14.1. The molecule has 1 aliphatic heterocycles. The van der Waals surface area contributed by atoms with Crippen LogP contribution in [-0.4, -0.2) is 54.0 Å².